The molecule has 5 rings (SSSR count). The maximum atomic E-state index is 13.3. The van der Waals surface area contributed by atoms with Gasteiger partial charge in [0.25, 0.3) is 0 Å². The van der Waals surface area contributed by atoms with Crippen molar-refractivity contribution in [2.45, 2.75) is 218 Å². The van der Waals surface area contributed by atoms with Crippen LogP contribution in [0.25, 0.3) is 0 Å². The molecule has 0 amide bonds. The van der Waals surface area contributed by atoms with E-state index in [1.165, 1.54) is 6.92 Å². The normalized spacial score (nSPS) is 43.8. The number of aliphatic carboxylic acids is 1. The third kappa shape index (κ3) is 9.86. The van der Waals surface area contributed by atoms with Crippen LogP contribution in [0.1, 0.15) is 153 Å². The van der Waals surface area contributed by atoms with Crippen LogP contribution in [0.2, 0.25) is 0 Å². The molecular weight excluding hydrogens is 736 g/mol. The molecule has 5 aliphatic rings. The fraction of sp³-hybridized carbons (Fsp3) is 0.932. The van der Waals surface area contributed by atoms with E-state index in [2.05, 4.69) is 34.6 Å². The second-order valence-electron chi connectivity index (χ2n) is 19.1. The number of aliphatic hydroxyl groups excluding tert-OH is 1. The Bertz CT molecular complexity index is 1390. The van der Waals surface area contributed by atoms with E-state index in [1.54, 1.807) is 6.92 Å². The number of carbonyl (C=O) groups is 3. The van der Waals surface area contributed by atoms with Gasteiger partial charge in [-0.15, -0.1) is 0 Å². The van der Waals surface area contributed by atoms with E-state index < -0.39 is 71.5 Å². The zero-order chi connectivity index (χ0) is 42.1. The SMILES string of the molecule is CCCCCCC(=O)O[C@H]1C[C@]2(CC[C@@](C)([C@H]3CC[C@@](C)(C4O[C@@H]([C@H]5O[C@@](O)(CO)[C@H](C)C[C@@H]5C)C[C@@H]4C)O3)O2)O[C@H]([C@@H](C)[C@@H](OC(=O)CC)[C@@H](C)C(=O)O)[C@@H]1C. The number of carboxylic acid groups (broad SMARTS) is 1. The van der Waals surface area contributed by atoms with Gasteiger partial charge >= 0.3 is 17.9 Å². The van der Waals surface area contributed by atoms with Crippen molar-refractivity contribution >= 4 is 17.9 Å². The molecule has 0 bridgehead atoms. The number of esters is 2. The molecule has 0 aliphatic carbocycles. The Kier molecular flexibility index (Phi) is 14.9. The van der Waals surface area contributed by atoms with E-state index >= 15 is 0 Å². The number of hydrogen-bond acceptors (Lipinski definition) is 12. The lowest BCUT2D eigenvalue weighted by Crippen LogP contribution is -2.57. The van der Waals surface area contributed by atoms with Crippen LogP contribution in [0.15, 0.2) is 0 Å². The quantitative estimate of drug-likeness (QED) is 0.111. The molecule has 57 heavy (non-hydrogen) atoms. The fourth-order valence-electron chi connectivity index (χ4n) is 10.7. The molecule has 13 nitrogen and oxygen atoms in total. The number of aliphatic hydroxyl groups is 2. The van der Waals surface area contributed by atoms with Crippen LogP contribution in [-0.4, -0.2) is 105 Å². The van der Waals surface area contributed by atoms with E-state index in [-0.39, 0.29) is 60.5 Å². The maximum Gasteiger partial charge on any atom is 0.309 e. The minimum absolute atomic E-state index is 0.103. The van der Waals surface area contributed by atoms with Crippen molar-refractivity contribution in [3.05, 3.63) is 0 Å². The van der Waals surface area contributed by atoms with Crippen molar-refractivity contribution in [2.75, 3.05) is 6.61 Å². The Morgan fingerprint density at radius 2 is 1.60 bits per heavy atom. The molecule has 0 aromatic heterocycles. The number of ether oxygens (including phenoxy) is 7. The summed E-state index contributed by atoms with van der Waals surface area (Å²) in [6, 6.07) is 0. The standard InChI is InChI=1S/C44H74O13/c1-11-13-14-15-16-35(47)51-32-23-43(55-38(28(32)6)29(7)37(30(8)40(48)49)53-34(46)12-2)20-19-41(9,57-43)33-17-18-42(10,54-33)39-26(4)22-31(52-39)36-25(3)21-27(5)44(50,24-45)56-36/h25-33,36-39,45,50H,11-24H2,1-10H3,(H,48,49)/t25-,26-,27+,28+,29-,30+,31+,32-,33+,36-,37+,38-,39?,41-,42-,43+,44-/m0/s1. The third-order valence-corrected chi connectivity index (χ3v) is 14.4. The highest BCUT2D eigenvalue weighted by Crippen LogP contribution is 2.54. The summed E-state index contributed by atoms with van der Waals surface area (Å²) in [6.45, 7) is 19.0. The Hall–Kier alpha value is -1.87. The average Bonchev–Trinajstić information content (AvgIpc) is 3.87. The monoisotopic (exact) mass is 811 g/mol. The summed E-state index contributed by atoms with van der Waals surface area (Å²) in [5.74, 6) is -6.38. The van der Waals surface area contributed by atoms with Crippen LogP contribution in [0.5, 0.6) is 0 Å². The molecule has 0 radical (unpaired) electrons. The van der Waals surface area contributed by atoms with Crippen molar-refractivity contribution in [1.82, 2.24) is 0 Å². The van der Waals surface area contributed by atoms with Gasteiger partial charge in [0.15, 0.2) is 11.6 Å². The molecule has 5 saturated heterocycles. The lowest BCUT2D eigenvalue weighted by atomic mass is 9.78. The van der Waals surface area contributed by atoms with Crippen LogP contribution in [0, 0.1) is 35.5 Å². The van der Waals surface area contributed by atoms with Gasteiger partial charge in [-0.05, 0) is 71.1 Å². The molecule has 17 atom stereocenters. The summed E-state index contributed by atoms with van der Waals surface area (Å²) >= 11 is 0. The zero-order valence-corrected chi connectivity index (χ0v) is 36.3. The molecule has 0 aromatic rings. The van der Waals surface area contributed by atoms with Gasteiger partial charge in [-0.1, -0.05) is 67.7 Å². The summed E-state index contributed by atoms with van der Waals surface area (Å²) in [4.78, 5) is 38.1. The van der Waals surface area contributed by atoms with Gasteiger partial charge in [0.1, 0.15) is 12.2 Å². The minimum atomic E-state index is -1.60. The van der Waals surface area contributed by atoms with Gasteiger partial charge < -0.3 is 48.5 Å². The van der Waals surface area contributed by atoms with Crippen LogP contribution in [0.4, 0.5) is 0 Å². The molecule has 5 aliphatic heterocycles. The third-order valence-electron chi connectivity index (χ3n) is 14.4. The minimum Gasteiger partial charge on any atom is -0.481 e. The molecule has 5 fully saturated rings. The molecular formula is C44H74O13. The van der Waals surface area contributed by atoms with Gasteiger partial charge in [0.05, 0.1) is 54.2 Å². The van der Waals surface area contributed by atoms with Crippen LogP contribution in [0.3, 0.4) is 0 Å². The van der Waals surface area contributed by atoms with E-state index in [0.717, 1.165) is 51.4 Å². The first-order chi connectivity index (χ1) is 26.7. The van der Waals surface area contributed by atoms with Crippen molar-refractivity contribution in [1.29, 1.82) is 0 Å². The molecule has 5 heterocycles. The van der Waals surface area contributed by atoms with E-state index in [4.69, 9.17) is 33.2 Å². The first-order valence-corrected chi connectivity index (χ1v) is 22.1. The van der Waals surface area contributed by atoms with Crippen molar-refractivity contribution in [3.8, 4) is 0 Å². The Labute approximate surface area is 340 Å². The van der Waals surface area contributed by atoms with Crippen LogP contribution in [-0.2, 0) is 47.5 Å². The number of carboxylic acids is 1. The Morgan fingerprint density at radius 3 is 2.25 bits per heavy atom. The maximum absolute atomic E-state index is 13.3. The molecule has 1 unspecified atom stereocenters. The van der Waals surface area contributed by atoms with Gasteiger partial charge in [0, 0.05) is 43.4 Å². The largest absolute Gasteiger partial charge is 0.481 e. The molecule has 0 saturated carbocycles. The summed E-state index contributed by atoms with van der Waals surface area (Å²) in [5, 5.41) is 31.0. The number of carbonyl (C=O) groups excluding carboxylic acids is 2. The van der Waals surface area contributed by atoms with E-state index in [0.29, 0.717) is 25.7 Å². The molecule has 328 valence electrons. The highest BCUT2D eigenvalue weighted by Gasteiger charge is 2.62. The zero-order valence-electron chi connectivity index (χ0n) is 36.3. The molecule has 1 spiro atoms. The highest BCUT2D eigenvalue weighted by atomic mass is 16.7. The van der Waals surface area contributed by atoms with Crippen molar-refractivity contribution in [3.63, 3.8) is 0 Å². The summed E-state index contributed by atoms with van der Waals surface area (Å²) in [5.41, 5.74) is -1.36. The van der Waals surface area contributed by atoms with Crippen molar-refractivity contribution < 1.29 is 62.9 Å². The second kappa shape index (κ2) is 18.4. The van der Waals surface area contributed by atoms with Gasteiger partial charge in [0.2, 0.25) is 0 Å². The number of unbranched alkanes of at least 4 members (excludes halogenated alkanes) is 3. The van der Waals surface area contributed by atoms with E-state index in [1.807, 2.05) is 20.8 Å². The number of rotatable bonds is 16. The van der Waals surface area contributed by atoms with Gasteiger partial charge in [-0.25, -0.2) is 0 Å². The van der Waals surface area contributed by atoms with Gasteiger partial charge in [-0.3, -0.25) is 14.4 Å². The summed E-state index contributed by atoms with van der Waals surface area (Å²) in [6.07, 6.45) is 5.30. The highest BCUT2D eigenvalue weighted by molar-refractivity contribution is 5.73. The van der Waals surface area contributed by atoms with Gasteiger partial charge in [-0.2, -0.15) is 0 Å². The predicted molar refractivity (Wildman–Crippen MR) is 210 cm³/mol. The summed E-state index contributed by atoms with van der Waals surface area (Å²) < 4.78 is 46.1. The second-order valence-corrected chi connectivity index (χ2v) is 19.1. The van der Waals surface area contributed by atoms with Crippen molar-refractivity contribution in [2.24, 2.45) is 35.5 Å². The van der Waals surface area contributed by atoms with E-state index in [9.17, 15) is 29.7 Å². The predicted octanol–water partition coefficient (Wildman–Crippen LogP) is 6.71. The Balaban J connectivity index is 1.33. The topological polar surface area (TPSA) is 177 Å². The van der Waals surface area contributed by atoms with Crippen LogP contribution >= 0.6 is 0 Å². The summed E-state index contributed by atoms with van der Waals surface area (Å²) in [7, 11) is 0. The fourth-order valence-corrected chi connectivity index (χ4v) is 10.7. The molecule has 3 N–H and O–H groups in total. The number of hydrogen-bond donors (Lipinski definition) is 3. The molecule has 13 heteroatoms. The lowest BCUT2D eigenvalue weighted by molar-refractivity contribution is -0.336. The molecule has 0 aromatic carbocycles. The first kappa shape index (κ1) is 46.2. The smallest absolute Gasteiger partial charge is 0.309 e. The first-order valence-electron chi connectivity index (χ1n) is 22.1. The average molecular weight is 811 g/mol. The van der Waals surface area contributed by atoms with Crippen LogP contribution < -0.4 is 0 Å². The Morgan fingerprint density at radius 1 is 0.877 bits per heavy atom. The lowest BCUT2D eigenvalue weighted by Gasteiger charge is -2.49.